The van der Waals surface area contributed by atoms with Gasteiger partial charge in [-0.2, -0.15) is 4.39 Å². The largest absolute Gasteiger partial charge is 0.213 e. The molecule has 0 aliphatic rings. The summed E-state index contributed by atoms with van der Waals surface area (Å²) in [4.78, 5) is 0. The molecule has 0 heterocycles. The first-order valence-corrected chi connectivity index (χ1v) is 3.03. The van der Waals surface area contributed by atoms with Gasteiger partial charge in [-0.25, -0.2) is 0 Å². The van der Waals surface area contributed by atoms with Gasteiger partial charge in [0.05, 0.1) is 0 Å². The maximum absolute atomic E-state index is 11.6. The number of rotatable bonds is 0. The zero-order chi connectivity index (χ0) is 6.78. The average Bonchev–Trinajstić information content (AvgIpc) is 1.21. The normalized spacial score (nSPS) is 14.4. The minimum absolute atomic E-state index is 0.666. The lowest BCUT2D eigenvalue weighted by Gasteiger charge is -1.99. The van der Waals surface area contributed by atoms with Crippen LogP contribution in [0.1, 0.15) is 0 Å². The summed E-state index contributed by atoms with van der Waals surface area (Å²) in [5.41, 5.74) is 0. The van der Waals surface area contributed by atoms with Crippen molar-refractivity contribution in [1.82, 2.24) is 0 Å². The summed E-state index contributed by atoms with van der Waals surface area (Å²) in [5.74, 6) is 0. The molecule has 5 heteroatoms. The first-order valence-electron chi connectivity index (χ1n) is 1.52. The van der Waals surface area contributed by atoms with Gasteiger partial charge in [0.1, 0.15) is 0 Å². The van der Waals surface area contributed by atoms with Crippen molar-refractivity contribution in [2.45, 2.75) is 3.79 Å². The average molecular weight is 198 g/mol. The third-order valence-electron chi connectivity index (χ3n) is 0.273. The molecule has 0 spiro atoms. The lowest BCUT2D eigenvalue weighted by atomic mass is 10.7. The van der Waals surface area contributed by atoms with Gasteiger partial charge in [-0.15, -0.1) is 0 Å². The number of alkyl halides is 3. The zero-order valence-corrected chi connectivity index (χ0v) is 6.49. The molecular formula is C3HCl4F. The summed E-state index contributed by atoms with van der Waals surface area (Å²) >= 11 is 19.9. The third-order valence-corrected chi connectivity index (χ3v) is 0.709. The molecule has 0 bridgehead atoms. The Morgan fingerprint density at radius 3 is 1.75 bits per heavy atom. The fourth-order valence-electron chi connectivity index (χ4n) is 0.124. The maximum Gasteiger partial charge on any atom is 0.213 e. The van der Waals surface area contributed by atoms with E-state index in [2.05, 4.69) is 0 Å². The van der Waals surface area contributed by atoms with E-state index in [1.165, 1.54) is 0 Å². The zero-order valence-electron chi connectivity index (χ0n) is 3.47. The van der Waals surface area contributed by atoms with Crippen LogP contribution in [0, 0.1) is 0 Å². The maximum atomic E-state index is 11.6. The Hall–Kier alpha value is 0.830. The molecule has 0 aromatic carbocycles. The summed E-state index contributed by atoms with van der Waals surface area (Å²) in [5, 5.41) is -1.02. The van der Waals surface area contributed by atoms with Crippen molar-refractivity contribution >= 4 is 46.4 Å². The first kappa shape index (κ1) is 8.83. The number of hydrogen-bond donors (Lipinski definition) is 0. The summed E-state index contributed by atoms with van der Waals surface area (Å²) in [6, 6.07) is 0. The Kier molecular flexibility index (Phi) is 3.44. The SMILES string of the molecule is FC(Cl)=CC(Cl)(Cl)Cl. The van der Waals surface area contributed by atoms with Crippen molar-refractivity contribution in [3.63, 3.8) is 0 Å². The molecule has 0 N–H and O–H groups in total. The summed E-state index contributed by atoms with van der Waals surface area (Å²) < 4.78 is 9.84. The molecule has 0 aliphatic carbocycles. The summed E-state index contributed by atoms with van der Waals surface area (Å²) in [6.45, 7) is 0. The molecule has 0 unspecified atom stereocenters. The highest BCUT2D eigenvalue weighted by Crippen LogP contribution is 2.29. The van der Waals surface area contributed by atoms with E-state index in [0.717, 1.165) is 0 Å². The van der Waals surface area contributed by atoms with Crippen LogP contribution >= 0.6 is 46.4 Å². The lowest BCUT2D eigenvalue weighted by molar-refractivity contribution is 0.691. The van der Waals surface area contributed by atoms with Gasteiger partial charge >= 0.3 is 0 Å². The van der Waals surface area contributed by atoms with Crippen LogP contribution in [0.2, 0.25) is 0 Å². The highest BCUT2D eigenvalue weighted by atomic mass is 35.6. The van der Waals surface area contributed by atoms with Crippen LogP contribution in [-0.4, -0.2) is 3.79 Å². The Morgan fingerprint density at radius 2 is 1.75 bits per heavy atom. The molecule has 0 saturated heterocycles. The van der Waals surface area contributed by atoms with Gasteiger partial charge in [0, 0.05) is 6.08 Å². The van der Waals surface area contributed by atoms with Crippen LogP contribution in [0.25, 0.3) is 0 Å². The second-order valence-electron chi connectivity index (χ2n) is 0.976. The molecule has 0 nitrogen and oxygen atoms in total. The molecule has 0 atom stereocenters. The van der Waals surface area contributed by atoms with Gasteiger partial charge in [-0.1, -0.05) is 46.4 Å². The molecule has 0 aliphatic heterocycles. The van der Waals surface area contributed by atoms with Crippen molar-refractivity contribution in [1.29, 1.82) is 0 Å². The molecule has 0 amide bonds. The minimum atomic E-state index is -1.73. The van der Waals surface area contributed by atoms with E-state index in [1.807, 2.05) is 0 Å². The lowest BCUT2D eigenvalue weighted by Crippen LogP contribution is -1.93. The van der Waals surface area contributed by atoms with Crippen molar-refractivity contribution in [2.24, 2.45) is 0 Å². The Labute approximate surface area is 66.2 Å². The van der Waals surface area contributed by atoms with E-state index in [9.17, 15) is 4.39 Å². The Bertz CT molecular complexity index is 98.3. The molecule has 0 saturated carbocycles. The first-order chi connectivity index (χ1) is 3.42. The van der Waals surface area contributed by atoms with Crippen molar-refractivity contribution in [3.8, 4) is 0 Å². The van der Waals surface area contributed by atoms with Gasteiger partial charge in [-0.3, -0.25) is 0 Å². The van der Waals surface area contributed by atoms with E-state index in [4.69, 9.17) is 46.4 Å². The van der Waals surface area contributed by atoms with E-state index in [-0.39, 0.29) is 0 Å². The van der Waals surface area contributed by atoms with Crippen molar-refractivity contribution < 1.29 is 4.39 Å². The molecule has 0 radical (unpaired) electrons. The van der Waals surface area contributed by atoms with Gasteiger partial charge in [0.25, 0.3) is 0 Å². The fourth-order valence-corrected chi connectivity index (χ4v) is 0.742. The van der Waals surface area contributed by atoms with E-state index < -0.39 is 9.08 Å². The smallest absolute Gasteiger partial charge is 0.194 e. The molecule has 0 rings (SSSR count). The summed E-state index contributed by atoms with van der Waals surface area (Å²) in [6.07, 6.45) is 0.666. The minimum Gasteiger partial charge on any atom is -0.194 e. The van der Waals surface area contributed by atoms with Crippen molar-refractivity contribution in [3.05, 3.63) is 11.4 Å². The second kappa shape index (κ2) is 3.11. The Morgan fingerprint density at radius 1 is 1.38 bits per heavy atom. The van der Waals surface area contributed by atoms with Crippen LogP contribution < -0.4 is 0 Å². The molecular weight excluding hydrogens is 197 g/mol. The predicted molar refractivity (Wildman–Crippen MR) is 35.3 cm³/mol. The van der Waals surface area contributed by atoms with Gasteiger partial charge in [-0.05, 0) is 0 Å². The third kappa shape index (κ3) is 6.83. The molecule has 0 aromatic heterocycles. The quantitative estimate of drug-likeness (QED) is 0.523. The molecule has 48 valence electrons. The Balaban J connectivity index is 3.89. The monoisotopic (exact) mass is 196 g/mol. The molecule has 0 fully saturated rings. The topological polar surface area (TPSA) is 0 Å². The van der Waals surface area contributed by atoms with Crippen LogP contribution in [-0.2, 0) is 0 Å². The van der Waals surface area contributed by atoms with E-state index in [1.54, 1.807) is 0 Å². The standard InChI is InChI=1S/C3HCl4F/c4-2(8)1-3(5,6)7/h1H. The van der Waals surface area contributed by atoms with Gasteiger partial charge in [0.15, 0.2) is 5.29 Å². The summed E-state index contributed by atoms with van der Waals surface area (Å²) in [7, 11) is 0. The van der Waals surface area contributed by atoms with E-state index in [0.29, 0.717) is 6.08 Å². The van der Waals surface area contributed by atoms with Crippen LogP contribution in [0.3, 0.4) is 0 Å². The second-order valence-corrected chi connectivity index (χ2v) is 3.71. The molecule has 0 aromatic rings. The number of hydrogen-bond acceptors (Lipinski definition) is 0. The number of allylic oxidation sites excluding steroid dienone is 1. The molecule has 8 heavy (non-hydrogen) atoms. The van der Waals surface area contributed by atoms with Crippen LogP contribution in [0.15, 0.2) is 11.4 Å². The highest BCUT2D eigenvalue weighted by Gasteiger charge is 2.16. The highest BCUT2D eigenvalue weighted by molar-refractivity contribution is 6.69. The van der Waals surface area contributed by atoms with Gasteiger partial charge < -0.3 is 0 Å². The van der Waals surface area contributed by atoms with Gasteiger partial charge in [0.2, 0.25) is 3.79 Å². The fraction of sp³-hybridized carbons (Fsp3) is 0.333. The number of halogens is 5. The van der Waals surface area contributed by atoms with Crippen LogP contribution in [0.4, 0.5) is 4.39 Å². The van der Waals surface area contributed by atoms with Crippen molar-refractivity contribution in [2.75, 3.05) is 0 Å². The van der Waals surface area contributed by atoms with E-state index >= 15 is 0 Å². The predicted octanol–water partition coefficient (Wildman–Crippen LogP) is 3.41. The van der Waals surface area contributed by atoms with Crippen LogP contribution in [0.5, 0.6) is 0 Å².